The smallest absolute Gasteiger partial charge is 0.318 e. The lowest BCUT2D eigenvalue weighted by atomic mass is 9.92. The summed E-state index contributed by atoms with van der Waals surface area (Å²) in [6.07, 6.45) is 0. The van der Waals surface area contributed by atoms with Crippen LogP contribution < -0.4 is 10.0 Å². The number of sulfonamides is 1. The monoisotopic (exact) mass is 328 g/mol. The van der Waals surface area contributed by atoms with Gasteiger partial charge in [-0.25, -0.2) is 13.1 Å². The summed E-state index contributed by atoms with van der Waals surface area (Å²) in [6.45, 7) is 4.74. The molecule has 0 bridgehead atoms. The average Bonchev–Trinajstić information content (AvgIpc) is 2.44. The highest BCUT2D eigenvalue weighted by Gasteiger charge is 2.35. The molecular weight excluding hydrogens is 308 g/mol. The number of carbonyl (C=O) groups is 2. The molecule has 1 aromatic rings. The summed E-state index contributed by atoms with van der Waals surface area (Å²) < 4.78 is 25.9. The van der Waals surface area contributed by atoms with Crippen LogP contribution >= 0.6 is 0 Å². The Morgan fingerprint density at radius 1 is 1.18 bits per heavy atom. The molecule has 0 spiro atoms. The molecule has 0 radical (unpaired) electrons. The zero-order valence-electron chi connectivity index (χ0n) is 12.7. The van der Waals surface area contributed by atoms with Crippen molar-refractivity contribution in [3.63, 3.8) is 0 Å². The van der Waals surface area contributed by atoms with Crippen molar-refractivity contribution in [2.75, 3.05) is 6.54 Å². The van der Waals surface area contributed by atoms with E-state index in [2.05, 4.69) is 10.0 Å². The number of hydrogen-bond acceptors (Lipinski definition) is 4. The van der Waals surface area contributed by atoms with Gasteiger partial charge in [-0.2, -0.15) is 0 Å². The SMILES string of the molecule is CCNS(=O)(=O)c1ccc(CNC(=O)C(C)(C)C(=O)O)cc1. The minimum atomic E-state index is -3.51. The second kappa shape index (κ2) is 6.89. The Bertz CT molecular complexity index is 650. The van der Waals surface area contributed by atoms with Gasteiger partial charge >= 0.3 is 5.97 Å². The first-order chi connectivity index (χ1) is 10.1. The number of aliphatic carboxylic acids is 1. The first-order valence-electron chi connectivity index (χ1n) is 6.71. The van der Waals surface area contributed by atoms with E-state index in [9.17, 15) is 18.0 Å². The van der Waals surface area contributed by atoms with Crippen molar-refractivity contribution < 1.29 is 23.1 Å². The van der Waals surface area contributed by atoms with E-state index in [1.807, 2.05) is 0 Å². The van der Waals surface area contributed by atoms with Crippen molar-refractivity contribution in [3.8, 4) is 0 Å². The van der Waals surface area contributed by atoms with Gasteiger partial charge in [-0.1, -0.05) is 19.1 Å². The van der Waals surface area contributed by atoms with Crippen LogP contribution in [0.2, 0.25) is 0 Å². The van der Waals surface area contributed by atoms with Crippen LogP contribution in [0, 0.1) is 5.41 Å². The van der Waals surface area contributed by atoms with Crippen LogP contribution in [-0.2, 0) is 26.2 Å². The van der Waals surface area contributed by atoms with E-state index in [0.29, 0.717) is 12.1 Å². The molecule has 0 aliphatic heterocycles. The van der Waals surface area contributed by atoms with Gasteiger partial charge < -0.3 is 10.4 Å². The standard InChI is InChI=1S/C14H20N2O5S/c1-4-16-22(20,21)11-7-5-10(6-8-11)9-15-12(17)14(2,3)13(18)19/h5-8,16H,4,9H2,1-3H3,(H,15,17)(H,18,19). The molecule has 0 aliphatic rings. The maximum Gasteiger partial charge on any atom is 0.318 e. The molecule has 1 amide bonds. The lowest BCUT2D eigenvalue weighted by Gasteiger charge is -2.18. The van der Waals surface area contributed by atoms with Gasteiger partial charge in [0.15, 0.2) is 0 Å². The second-order valence-corrected chi connectivity index (χ2v) is 7.03. The summed E-state index contributed by atoms with van der Waals surface area (Å²) >= 11 is 0. The minimum absolute atomic E-state index is 0.122. The number of nitrogens with one attached hydrogen (secondary N) is 2. The Morgan fingerprint density at radius 3 is 2.18 bits per heavy atom. The van der Waals surface area contributed by atoms with Crippen molar-refractivity contribution >= 4 is 21.9 Å². The van der Waals surface area contributed by atoms with Gasteiger partial charge in [-0.05, 0) is 31.5 Å². The molecule has 7 nitrogen and oxygen atoms in total. The van der Waals surface area contributed by atoms with Gasteiger partial charge in [0.25, 0.3) is 0 Å². The van der Waals surface area contributed by atoms with Crippen LogP contribution in [-0.4, -0.2) is 31.9 Å². The molecular formula is C14H20N2O5S. The molecule has 0 aliphatic carbocycles. The number of benzene rings is 1. The highest BCUT2D eigenvalue weighted by molar-refractivity contribution is 7.89. The molecule has 122 valence electrons. The Kier molecular flexibility index (Phi) is 5.67. The first kappa shape index (κ1) is 18.1. The molecule has 3 N–H and O–H groups in total. The fourth-order valence-electron chi connectivity index (χ4n) is 1.56. The summed E-state index contributed by atoms with van der Waals surface area (Å²) in [5.41, 5.74) is -0.848. The quantitative estimate of drug-likeness (QED) is 0.638. The summed E-state index contributed by atoms with van der Waals surface area (Å²) in [5.74, 6) is -1.82. The topological polar surface area (TPSA) is 113 Å². The van der Waals surface area contributed by atoms with Crippen molar-refractivity contribution in [1.82, 2.24) is 10.0 Å². The summed E-state index contributed by atoms with van der Waals surface area (Å²) in [6, 6.07) is 6.00. The highest BCUT2D eigenvalue weighted by atomic mass is 32.2. The van der Waals surface area contributed by atoms with Gasteiger partial charge in [-0.3, -0.25) is 9.59 Å². The van der Waals surface area contributed by atoms with Crippen LogP contribution in [0.3, 0.4) is 0 Å². The third-order valence-electron chi connectivity index (χ3n) is 3.12. The molecule has 0 unspecified atom stereocenters. The number of rotatable bonds is 7. The maximum atomic E-state index is 11.8. The Labute approximate surface area is 129 Å². The van der Waals surface area contributed by atoms with Crippen LogP contribution in [0.5, 0.6) is 0 Å². The zero-order chi connectivity index (χ0) is 17.0. The van der Waals surface area contributed by atoms with Crippen molar-refractivity contribution in [1.29, 1.82) is 0 Å². The van der Waals surface area contributed by atoms with Crippen LogP contribution in [0.25, 0.3) is 0 Å². The first-order valence-corrected chi connectivity index (χ1v) is 8.20. The van der Waals surface area contributed by atoms with Crippen molar-refractivity contribution in [2.45, 2.75) is 32.2 Å². The van der Waals surface area contributed by atoms with Crippen LogP contribution in [0.4, 0.5) is 0 Å². The van der Waals surface area contributed by atoms with E-state index in [-0.39, 0.29) is 11.4 Å². The molecule has 0 fully saturated rings. The molecule has 1 aromatic carbocycles. The Balaban J connectivity index is 2.74. The average molecular weight is 328 g/mol. The third kappa shape index (κ3) is 4.28. The number of amides is 1. The zero-order valence-corrected chi connectivity index (χ0v) is 13.5. The van der Waals surface area contributed by atoms with Crippen LogP contribution in [0.1, 0.15) is 26.3 Å². The maximum absolute atomic E-state index is 11.8. The van der Waals surface area contributed by atoms with E-state index in [1.165, 1.54) is 26.0 Å². The largest absolute Gasteiger partial charge is 0.480 e. The summed E-state index contributed by atoms with van der Waals surface area (Å²) in [4.78, 5) is 22.9. The van der Waals surface area contributed by atoms with E-state index < -0.39 is 27.3 Å². The molecule has 22 heavy (non-hydrogen) atoms. The van der Waals surface area contributed by atoms with Crippen molar-refractivity contribution in [2.24, 2.45) is 5.41 Å². The van der Waals surface area contributed by atoms with Gasteiger partial charge in [0.05, 0.1) is 4.90 Å². The second-order valence-electron chi connectivity index (χ2n) is 5.26. The van der Waals surface area contributed by atoms with Crippen molar-refractivity contribution in [3.05, 3.63) is 29.8 Å². The number of carboxylic acids is 1. The summed E-state index contributed by atoms with van der Waals surface area (Å²) in [5, 5.41) is 11.5. The van der Waals surface area contributed by atoms with Gasteiger partial charge in [0, 0.05) is 13.1 Å². The minimum Gasteiger partial charge on any atom is -0.480 e. The molecule has 0 heterocycles. The summed E-state index contributed by atoms with van der Waals surface area (Å²) in [7, 11) is -3.51. The lowest BCUT2D eigenvalue weighted by molar-refractivity contribution is -0.153. The normalized spacial score (nSPS) is 12.0. The Morgan fingerprint density at radius 2 is 1.73 bits per heavy atom. The number of hydrogen-bond donors (Lipinski definition) is 3. The Hall–Kier alpha value is -1.93. The number of carbonyl (C=O) groups excluding carboxylic acids is 1. The fraction of sp³-hybridized carbons (Fsp3) is 0.429. The molecule has 8 heteroatoms. The van der Waals surface area contributed by atoms with Gasteiger partial charge in [0.1, 0.15) is 5.41 Å². The number of carboxylic acid groups (broad SMARTS) is 1. The predicted octanol–water partition coefficient (Wildman–Crippen LogP) is 0.712. The van der Waals surface area contributed by atoms with Gasteiger partial charge in [-0.15, -0.1) is 0 Å². The predicted molar refractivity (Wildman–Crippen MR) is 80.6 cm³/mol. The van der Waals surface area contributed by atoms with E-state index in [4.69, 9.17) is 5.11 Å². The third-order valence-corrected chi connectivity index (χ3v) is 4.68. The van der Waals surface area contributed by atoms with E-state index >= 15 is 0 Å². The molecule has 0 atom stereocenters. The molecule has 1 rings (SSSR count). The molecule has 0 saturated heterocycles. The molecule has 0 saturated carbocycles. The van der Waals surface area contributed by atoms with E-state index in [1.54, 1.807) is 19.1 Å². The molecule has 0 aromatic heterocycles. The fourth-order valence-corrected chi connectivity index (χ4v) is 2.60. The lowest BCUT2D eigenvalue weighted by Crippen LogP contribution is -2.41. The van der Waals surface area contributed by atoms with Gasteiger partial charge in [0.2, 0.25) is 15.9 Å². The van der Waals surface area contributed by atoms with E-state index in [0.717, 1.165) is 0 Å². The van der Waals surface area contributed by atoms with Crippen LogP contribution in [0.15, 0.2) is 29.2 Å². The highest BCUT2D eigenvalue weighted by Crippen LogP contribution is 2.16.